The van der Waals surface area contributed by atoms with E-state index in [0.717, 1.165) is 28.7 Å². The highest BCUT2D eigenvalue weighted by atomic mass is 16.3. The highest BCUT2D eigenvalue weighted by molar-refractivity contribution is 5.50. The zero-order valence-electron chi connectivity index (χ0n) is 13.5. The van der Waals surface area contributed by atoms with Gasteiger partial charge < -0.3 is 10.2 Å². The van der Waals surface area contributed by atoms with Gasteiger partial charge in [-0.1, -0.05) is 26.0 Å². The van der Waals surface area contributed by atoms with Gasteiger partial charge in [0.15, 0.2) is 0 Å². The van der Waals surface area contributed by atoms with E-state index in [9.17, 15) is 10.2 Å². The molecule has 0 bridgehead atoms. The lowest BCUT2D eigenvalue weighted by Gasteiger charge is -2.16. The Hall–Kier alpha value is -1.96. The van der Waals surface area contributed by atoms with Gasteiger partial charge in [-0.25, -0.2) is 0 Å². The van der Waals surface area contributed by atoms with Crippen molar-refractivity contribution in [3.63, 3.8) is 0 Å². The first-order chi connectivity index (χ1) is 9.81. The Morgan fingerprint density at radius 1 is 0.905 bits per heavy atom. The fourth-order valence-corrected chi connectivity index (χ4v) is 2.77. The van der Waals surface area contributed by atoms with Crippen LogP contribution in [-0.2, 0) is 6.42 Å². The number of phenols is 2. The maximum absolute atomic E-state index is 9.93. The maximum Gasteiger partial charge on any atom is 0.119 e. The van der Waals surface area contributed by atoms with Gasteiger partial charge in [0.2, 0.25) is 0 Å². The Morgan fingerprint density at radius 2 is 1.57 bits per heavy atom. The summed E-state index contributed by atoms with van der Waals surface area (Å²) in [6, 6.07) is 7.67. The van der Waals surface area contributed by atoms with Crippen molar-refractivity contribution < 1.29 is 10.2 Å². The van der Waals surface area contributed by atoms with Crippen LogP contribution in [0.5, 0.6) is 11.5 Å². The molecule has 0 unspecified atom stereocenters. The van der Waals surface area contributed by atoms with Crippen molar-refractivity contribution in [2.45, 2.75) is 47.0 Å². The van der Waals surface area contributed by atoms with Gasteiger partial charge in [0.05, 0.1) is 0 Å². The standard InChI is InChI=1S/C19H24O2/c1-11(2)16-9-15(6-7-18(16)20)10-17-12(3)8-19(21)14(5)13(17)4/h6-9,11,20-21H,10H2,1-5H3. The van der Waals surface area contributed by atoms with Crippen LogP contribution in [-0.4, -0.2) is 10.2 Å². The second kappa shape index (κ2) is 5.80. The summed E-state index contributed by atoms with van der Waals surface area (Å²) in [4.78, 5) is 0. The van der Waals surface area contributed by atoms with E-state index in [2.05, 4.69) is 26.8 Å². The molecular weight excluding hydrogens is 260 g/mol. The van der Waals surface area contributed by atoms with Crippen LogP contribution in [0.15, 0.2) is 24.3 Å². The number of phenolic OH excluding ortho intramolecular Hbond substituents is 2. The fourth-order valence-electron chi connectivity index (χ4n) is 2.77. The quantitative estimate of drug-likeness (QED) is 0.855. The van der Waals surface area contributed by atoms with Crippen molar-refractivity contribution in [2.75, 3.05) is 0 Å². The van der Waals surface area contributed by atoms with Crippen molar-refractivity contribution in [1.29, 1.82) is 0 Å². The molecule has 0 spiro atoms. The monoisotopic (exact) mass is 284 g/mol. The molecule has 0 saturated carbocycles. The topological polar surface area (TPSA) is 40.5 Å². The Balaban J connectivity index is 2.44. The van der Waals surface area contributed by atoms with E-state index in [-0.39, 0.29) is 0 Å². The SMILES string of the molecule is Cc1cc(O)c(C)c(C)c1Cc1ccc(O)c(C(C)C)c1. The highest BCUT2D eigenvalue weighted by Crippen LogP contribution is 2.31. The molecule has 0 heterocycles. The van der Waals surface area contributed by atoms with Gasteiger partial charge >= 0.3 is 0 Å². The minimum absolute atomic E-state index is 0.300. The van der Waals surface area contributed by atoms with E-state index >= 15 is 0 Å². The third-order valence-electron chi connectivity index (χ3n) is 4.32. The molecule has 0 atom stereocenters. The van der Waals surface area contributed by atoms with Crippen LogP contribution in [0.2, 0.25) is 0 Å². The molecule has 21 heavy (non-hydrogen) atoms. The molecule has 2 heteroatoms. The molecule has 2 rings (SSSR count). The second-order valence-corrected chi connectivity index (χ2v) is 6.17. The molecule has 0 fully saturated rings. The Kier molecular flexibility index (Phi) is 4.26. The highest BCUT2D eigenvalue weighted by Gasteiger charge is 2.12. The van der Waals surface area contributed by atoms with E-state index in [1.165, 1.54) is 11.1 Å². The Bertz CT molecular complexity index is 670. The molecule has 0 amide bonds. The van der Waals surface area contributed by atoms with Crippen LogP contribution >= 0.6 is 0 Å². The lowest BCUT2D eigenvalue weighted by atomic mass is 9.91. The van der Waals surface area contributed by atoms with Crippen molar-refractivity contribution in [3.05, 3.63) is 57.6 Å². The Morgan fingerprint density at radius 3 is 2.19 bits per heavy atom. The van der Waals surface area contributed by atoms with Crippen LogP contribution in [0, 0.1) is 20.8 Å². The van der Waals surface area contributed by atoms with Crippen molar-refractivity contribution in [2.24, 2.45) is 0 Å². The first-order valence-corrected chi connectivity index (χ1v) is 7.41. The number of benzene rings is 2. The summed E-state index contributed by atoms with van der Waals surface area (Å²) < 4.78 is 0. The molecule has 2 aromatic carbocycles. The van der Waals surface area contributed by atoms with E-state index < -0.39 is 0 Å². The zero-order valence-corrected chi connectivity index (χ0v) is 13.5. The van der Waals surface area contributed by atoms with Crippen LogP contribution < -0.4 is 0 Å². The molecular formula is C19H24O2. The molecule has 0 saturated heterocycles. The van der Waals surface area contributed by atoms with Crippen LogP contribution in [0.1, 0.15) is 53.1 Å². The first kappa shape index (κ1) is 15.4. The predicted molar refractivity (Wildman–Crippen MR) is 87.3 cm³/mol. The molecule has 0 radical (unpaired) electrons. The minimum Gasteiger partial charge on any atom is -0.508 e. The largest absolute Gasteiger partial charge is 0.508 e. The van der Waals surface area contributed by atoms with Gasteiger partial charge in [-0.2, -0.15) is 0 Å². The number of hydrogen-bond donors (Lipinski definition) is 2. The molecule has 2 nitrogen and oxygen atoms in total. The van der Waals surface area contributed by atoms with E-state index in [0.29, 0.717) is 17.4 Å². The number of aryl methyl sites for hydroxylation is 1. The summed E-state index contributed by atoms with van der Waals surface area (Å²) in [5, 5.41) is 19.8. The lowest BCUT2D eigenvalue weighted by molar-refractivity contribution is 0.464. The normalized spacial score (nSPS) is 11.1. The lowest BCUT2D eigenvalue weighted by Crippen LogP contribution is -1.99. The van der Waals surface area contributed by atoms with Crippen LogP contribution in [0.3, 0.4) is 0 Å². The van der Waals surface area contributed by atoms with Gasteiger partial charge in [0.1, 0.15) is 11.5 Å². The summed E-state index contributed by atoms with van der Waals surface area (Å²) >= 11 is 0. The number of rotatable bonds is 3. The van der Waals surface area contributed by atoms with Crippen molar-refractivity contribution in [3.8, 4) is 11.5 Å². The average molecular weight is 284 g/mol. The van der Waals surface area contributed by atoms with Gasteiger partial charge in [-0.15, -0.1) is 0 Å². The summed E-state index contributed by atoms with van der Waals surface area (Å²) in [6.07, 6.45) is 0.818. The molecule has 2 N–H and O–H groups in total. The summed E-state index contributed by atoms with van der Waals surface area (Å²) in [6.45, 7) is 10.2. The molecule has 112 valence electrons. The maximum atomic E-state index is 9.93. The molecule has 0 aliphatic carbocycles. The van der Waals surface area contributed by atoms with E-state index in [1.807, 2.05) is 26.0 Å². The molecule has 0 aliphatic heterocycles. The van der Waals surface area contributed by atoms with Gasteiger partial charge in [-0.05, 0) is 78.6 Å². The zero-order chi connectivity index (χ0) is 15.7. The van der Waals surface area contributed by atoms with Crippen molar-refractivity contribution >= 4 is 0 Å². The third kappa shape index (κ3) is 3.05. The van der Waals surface area contributed by atoms with Crippen LogP contribution in [0.4, 0.5) is 0 Å². The van der Waals surface area contributed by atoms with Crippen LogP contribution in [0.25, 0.3) is 0 Å². The minimum atomic E-state index is 0.300. The summed E-state index contributed by atoms with van der Waals surface area (Å²) in [7, 11) is 0. The molecule has 0 aliphatic rings. The summed E-state index contributed by atoms with van der Waals surface area (Å²) in [5.41, 5.74) is 6.62. The number of hydrogen-bond acceptors (Lipinski definition) is 2. The third-order valence-corrected chi connectivity index (χ3v) is 4.32. The van der Waals surface area contributed by atoms with Crippen molar-refractivity contribution in [1.82, 2.24) is 0 Å². The number of aromatic hydroxyl groups is 2. The smallest absolute Gasteiger partial charge is 0.119 e. The molecule has 2 aromatic rings. The van der Waals surface area contributed by atoms with E-state index in [1.54, 1.807) is 6.07 Å². The summed E-state index contributed by atoms with van der Waals surface area (Å²) in [5.74, 6) is 1.03. The Labute approximate surface area is 127 Å². The predicted octanol–water partition coefficient (Wildman–Crippen LogP) is 4.74. The first-order valence-electron chi connectivity index (χ1n) is 7.41. The second-order valence-electron chi connectivity index (χ2n) is 6.17. The van der Waals surface area contributed by atoms with Gasteiger partial charge in [0, 0.05) is 0 Å². The molecule has 0 aromatic heterocycles. The van der Waals surface area contributed by atoms with Gasteiger partial charge in [-0.3, -0.25) is 0 Å². The van der Waals surface area contributed by atoms with Gasteiger partial charge in [0.25, 0.3) is 0 Å². The van der Waals surface area contributed by atoms with E-state index in [4.69, 9.17) is 0 Å². The average Bonchev–Trinajstić information content (AvgIpc) is 2.42. The fraction of sp³-hybridized carbons (Fsp3) is 0.368.